The molecule has 0 aliphatic rings. The van der Waals surface area contributed by atoms with Crippen molar-refractivity contribution in [3.05, 3.63) is 35.4 Å². The van der Waals surface area contributed by atoms with E-state index in [0.29, 0.717) is 0 Å². The van der Waals surface area contributed by atoms with Crippen molar-refractivity contribution in [3.63, 3.8) is 0 Å². The van der Waals surface area contributed by atoms with E-state index in [4.69, 9.17) is 11.5 Å². The number of benzene rings is 1. The van der Waals surface area contributed by atoms with Crippen LogP contribution in [0.15, 0.2) is 24.3 Å². The summed E-state index contributed by atoms with van der Waals surface area (Å²) in [4.78, 5) is 10.8. The van der Waals surface area contributed by atoms with Crippen LogP contribution >= 0.6 is 0 Å². The molecule has 0 aromatic heterocycles. The van der Waals surface area contributed by atoms with E-state index in [0.717, 1.165) is 5.56 Å². The van der Waals surface area contributed by atoms with Gasteiger partial charge in [0, 0.05) is 12.5 Å². The van der Waals surface area contributed by atoms with Crippen LogP contribution in [0.4, 0.5) is 0 Å². The molecule has 0 radical (unpaired) electrons. The van der Waals surface area contributed by atoms with Crippen molar-refractivity contribution in [1.29, 1.82) is 0 Å². The molecular formula is C13H20N2O. The van der Waals surface area contributed by atoms with Crippen molar-refractivity contribution in [1.82, 2.24) is 0 Å². The molecule has 1 amide bonds. The quantitative estimate of drug-likeness (QED) is 0.816. The van der Waals surface area contributed by atoms with Gasteiger partial charge in [-0.2, -0.15) is 0 Å². The van der Waals surface area contributed by atoms with Crippen LogP contribution in [0.5, 0.6) is 0 Å². The third-order valence-electron chi connectivity index (χ3n) is 2.63. The van der Waals surface area contributed by atoms with Gasteiger partial charge in [-0.3, -0.25) is 4.79 Å². The Bertz CT molecular complexity index is 363. The van der Waals surface area contributed by atoms with Crippen LogP contribution in [-0.2, 0) is 10.2 Å². The van der Waals surface area contributed by atoms with E-state index >= 15 is 0 Å². The Balaban J connectivity index is 2.83. The molecule has 0 bridgehead atoms. The molecule has 3 heteroatoms. The summed E-state index contributed by atoms with van der Waals surface area (Å²) in [5, 5.41) is 0. The lowest BCUT2D eigenvalue weighted by atomic mass is 9.86. The monoisotopic (exact) mass is 220 g/mol. The Morgan fingerprint density at radius 2 is 1.75 bits per heavy atom. The molecule has 0 saturated carbocycles. The molecule has 0 unspecified atom stereocenters. The van der Waals surface area contributed by atoms with Gasteiger partial charge < -0.3 is 11.5 Å². The van der Waals surface area contributed by atoms with E-state index in [9.17, 15) is 4.79 Å². The number of hydrogen-bond acceptors (Lipinski definition) is 2. The lowest BCUT2D eigenvalue weighted by molar-refractivity contribution is -0.118. The van der Waals surface area contributed by atoms with E-state index in [1.165, 1.54) is 5.56 Å². The Labute approximate surface area is 96.8 Å². The number of primary amides is 1. The first-order chi connectivity index (χ1) is 7.30. The van der Waals surface area contributed by atoms with Crippen molar-refractivity contribution in [2.75, 3.05) is 0 Å². The highest BCUT2D eigenvalue weighted by Gasteiger charge is 2.14. The van der Waals surface area contributed by atoms with E-state index < -0.39 is 0 Å². The maximum Gasteiger partial charge on any atom is 0.219 e. The van der Waals surface area contributed by atoms with Crippen LogP contribution in [0.2, 0.25) is 0 Å². The van der Waals surface area contributed by atoms with E-state index in [1.807, 2.05) is 12.1 Å². The number of carbonyl (C=O) groups is 1. The number of hydrogen-bond donors (Lipinski definition) is 2. The third-order valence-corrected chi connectivity index (χ3v) is 2.63. The second-order valence-corrected chi connectivity index (χ2v) is 5.15. The average Bonchev–Trinajstić information content (AvgIpc) is 2.15. The zero-order valence-electron chi connectivity index (χ0n) is 10.2. The van der Waals surface area contributed by atoms with Gasteiger partial charge in [-0.15, -0.1) is 0 Å². The summed E-state index contributed by atoms with van der Waals surface area (Å²) in [6.07, 6.45) is 0.189. The molecule has 1 aromatic carbocycles. The fourth-order valence-corrected chi connectivity index (χ4v) is 1.56. The highest BCUT2D eigenvalue weighted by Crippen LogP contribution is 2.24. The van der Waals surface area contributed by atoms with E-state index in [-0.39, 0.29) is 23.8 Å². The van der Waals surface area contributed by atoms with Crippen LogP contribution in [0.3, 0.4) is 0 Å². The number of rotatable bonds is 3. The standard InChI is InChI=1S/C13H20N2O/c1-13(2,3)10-6-4-9(5-7-10)11(14)8-12(15)16/h4-7,11H,8,14H2,1-3H3,(H2,15,16)/t11-/m1/s1. The largest absolute Gasteiger partial charge is 0.370 e. The third kappa shape index (κ3) is 3.35. The molecular weight excluding hydrogens is 200 g/mol. The Hall–Kier alpha value is -1.35. The molecule has 1 rings (SSSR count). The van der Waals surface area contributed by atoms with Crippen molar-refractivity contribution in [2.45, 2.75) is 38.6 Å². The first-order valence-corrected chi connectivity index (χ1v) is 5.45. The molecule has 0 heterocycles. The number of nitrogens with two attached hydrogens (primary N) is 2. The minimum Gasteiger partial charge on any atom is -0.370 e. The normalized spacial score (nSPS) is 13.5. The molecule has 3 nitrogen and oxygen atoms in total. The summed E-state index contributed by atoms with van der Waals surface area (Å²) >= 11 is 0. The van der Waals surface area contributed by atoms with Gasteiger partial charge in [-0.25, -0.2) is 0 Å². The molecule has 0 spiro atoms. The summed E-state index contributed by atoms with van der Waals surface area (Å²) in [5.41, 5.74) is 13.3. The molecule has 88 valence electrons. The molecule has 0 saturated heterocycles. The maximum absolute atomic E-state index is 10.8. The Morgan fingerprint density at radius 3 is 2.12 bits per heavy atom. The van der Waals surface area contributed by atoms with Gasteiger partial charge in [0.1, 0.15) is 0 Å². The smallest absolute Gasteiger partial charge is 0.219 e. The summed E-state index contributed by atoms with van der Waals surface area (Å²) < 4.78 is 0. The summed E-state index contributed by atoms with van der Waals surface area (Å²) in [6.45, 7) is 6.47. The number of amides is 1. The SMILES string of the molecule is CC(C)(C)c1ccc([C@H](N)CC(N)=O)cc1. The van der Waals surface area contributed by atoms with Crippen molar-refractivity contribution >= 4 is 5.91 Å². The van der Waals surface area contributed by atoms with Crippen molar-refractivity contribution < 1.29 is 4.79 Å². The van der Waals surface area contributed by atoms with Crippen LogP contribution in [0, 0.1) is 0 Å². The molecule has 4 N–H and O–H groups in total. The zero-order chi connectivity index (χ0) is 12.3. The minimum absolute atomic E-state index is 0.131. The highest BCUT2D eigenvalue weighted by molar-refractivity contribution is 5.74. The lowest BCUT2D eigenvalue weighted by Gasteiger charge is -2.20. The molecule has 16 heavy (non-hydrogen) atoms. The fourth-order valence-electron chi connectivity index (χ4n) is 1.56. The van der Waals surface area contributed by atoms with Crippen LogP contribution in [0.1, 0.15) is 44.4 Å². The van der Waals surface area contributed by atoms with Gasteiger partial charge in [0.2, 0.25) is 5.91 Å². The highest BCUT2D eigenvalue weighted by atomic mass is 16.1. The van der Waals surface area contributed by atoms with Crippen molar-refractivity contribution in [2.24, 2.45) is 11.5 Å². The van der Waals surface area contributed by atoms with Gasteiger partial charge in [0.25, 0.3) is 0 Å². The van der Waals surface area contributed by atoms with Crippen LogP contribution in [0.25, 0.3) is 0 Å². The van der Waals surface area contributed by atoms with Gasteiger partial charge in [0.15, 0.2) is 0 Å². The molecule has 1 atom stereocenters. The number of carbonyl (C=O) groups excluding carboxylic acids is 1. The first kappa shape index (κ1) is 12.7. The minimum atomic E-state index is -0.368. The molecule has 0 aliphatic carbocycles. The first-order valence-electron chi connectivity index (χ1n) is 5.45. The zero-order valence-corrected chi connectivity index (χ0v) is 10.2. The molecule has 0 aliphatic heterocycles. The topological polar surface area (TPSA) is 69.1 Å². The lowest BCUT2D eigenvalue weighted by Crippen LogP contribution is -2.21. The fraction of sp³-hybridized carbons (Fsp3) is 0.462. The Kier molecular flexibility index (Phi) is 3.70. The summed E-state index contributed by atoms with van der Waals surface area (Å²) in [7, 11) is 0. The predicted molar refractivity (Wildman–Crippen MR) is 65.9 cm³/mol. The van der Waals surface area contributed by atoms with Gasteiger partial charge in [-0.05, 0) is 16.5 Å². The summed E-state index contributed by atoms with van der Waals surface area (Å²) in [6, 6.07) is 7.74. The van der Waals surface area contributed by atoms with Gasteiger partial charge in [-0.1, -0.05) is 45.0 Å². The molecule has 0 fully saturated rings. The second kappa shape index (κ2) is 4.66. The Morgan fingerprint density at radius 1 is 1.25 bits per heavy atom. The van der Waals surface area contributed by atoms with Crippen LogP contribution in [-0.4, -0.2) is 5.91 Å². The van der Waals surface area contributed by atoms with E-state index in [2.05, 4.69) is 32.9 Å². The van der Waals surface area contributed by atoms with E-state index in [1.54, 1.807) is 0 Å². The predicted octanol–water partition coefficient (Wildman–Crippen LogP) is 1.86. The van der Waals surface area contributed by atoms with Gasteiger partial charge in [0.05, 0.1) is 0 Å². The van der Waals surface area contributed by atoms with Crippen molar-refractivity contribution in [3.8, 4) is 0 Å². The molecule has 1 aromatic rings. The van der Waals surface area contributed by atoms with Gasteiger partial charge >= 0.3 is 0 Å². The summed E-state index contributed by atoms with van der Waals surface area (Å²) in [5.74, 6) is -0.368. The average molecular weight is 220 g/mol. The maximum atomic E-state index is 10.8. The second-order valence-electron chi connectivity index (χ2n) is 5.15. The van der Waals surface area contributed by atoms with Crippen LogP contribution < -0.4 is 11.5 Å².